The number of allylic oxidation sites excluding steroid dienone is 2. The number of aliphatic hydroxyl groups is 1. The Balaban J connectivity index is 2.39. The summed E-state index contributed by atoms with van der Waals surface area (Å²) in [5.74, 6) is -2.18. The molecule has 6 nitrogen and oxygen atoms in total. The maximum atomic E-state index is 12.1. The van der Waals surface area contributed by atoms with E-state index in [2.05, 4.69) is 33.9 Å². The topological polar surface area (TPSA) is 93.1 Å². The summed E-state index contributed by atoms with van der Waals surface area (Å²) in [6, 6.07) is 0. The molecule has 1 fully saturated rings. The van der Waals surface area contributed by atoms with E-state index in [9.17, 15) is 19.8 Å². The fraction of sp³-hybridized carbons (Fsp3) is 0.786. The molecule has 1 unspecified atom stereocenters. The zero-order chi connectivity index (χ0) is 26.5. The van der Waals surface area contributed by atoms with Crippen molar-refractivity contribution in [2.75, 3.05) is 13.7 Å². The Hall–Kier alpha value is -1.44. The first-order valence-corrected chi connectivity index (χ1v) is 16.3. The lowest BCUT2D eigenvalue weighted by molar-refractivity contribution is -0.165. The molecule has 2 atom stereocenters. The molecule has 0 saturated heterocycles. The molecule has 7 heteroatoms. The van der Waals surface area contributed by atoms with E-state index >= 15 is 0 Å². The SMILES string of the molecule is COC(=O)C(C=CCCCCCCO[Si](C)(C)C(C)(C)C)C=CCC[C@@](O)(C(=O)O)C1CCCC1. The predicted octanol–water partition coefficient (Wildman–Crippen LogP) is 6.65. The largest absolute Gasteiger partial charge is 0.479 e. The van der Waals surface area contributed by atoms with Gasteiger partial charge in [0.05, 0.1) is 13.0 Å². The van der Waals surface area contributed by atoms with Crippen molar-refractivity contribution in [1.29, 1.82) is 0 Å². The smallest absolute Gasteiger partial charge is 0.335 e. The second kappa shape index (κ2) is 15.0. The summed E-state index contributed by atoms with van der Waals surface area (Å²) >= 11 is 0. The Labute approximate surface area is 214 Å². The Morgan fingerprint density at radius 1 is 1.00 bits per heavy atom. The molecule has 0 spiro atoms. The first kappa shape index (κ1) is 31.6. The van der Waals surface area contributed by atoms with Crippen LogP contribution in [0.4, 0.5) is 0 Å². The van der Waals surface area contributed by atoms with Gasteiger partial charge >= 0.3 is 11.9 Å². The van der Waals surface area contributed by atoms with Crippen molar-refractivity contribution < 1.29 is 29.0 Å². The minimum atomic E-state index is -1.69. The normalized spacial score (nSPS) is 18.3. The van der Waals surface area contributed by atoms with Crippen molar-refractivity contribution in [3.63, 3.8) is 0 Å². The van der Waals surface area contributed by atoms with E-state index < -0.39 is 25.8 Å². The molecular formula is C28H50O6Si. The zero-order valence-electron chi connectivity index (χ0n) is 23.0. The van der Waals surface area contributed by atoms with Crippen LogP contribution in [0, 0.1) is 11.8 Å². The third-order valence-corrected chi connectivity index (χ3v) is 12.3. The first-order chi connectivity index (χ1) is 16.3. The van der Waals surface area contributed by atoms with Gasteiger partial charge < -0.3 is 19.4 Å². The van der Waals surface area contributed by atoms with Gasteiger partial charge in [-0.1, -0.05) is 70.8 Å². The highest BCUT2D eigenvalue weighted by atomic mass is 28.4. The standard InChI is InChI=1S/C28H50O6Si/c1-27(2,3)35(5,6)34-22-16-10-8-7-9-11-17-23(25(29)33-4)18-14-15-21-28(32,26(30)31)24-19-12-13-20-24/h11,14,17-18,23-24,32H,7-10,12-13,15-16,19-22H2,1-6H3,(H,30,31)/t23?,28-/m0/s1. The second-order valence-corrected chi connectivity index (χ2v) is 16.3. The number of carbonyl (C=O) groups excluding carboxylic acids is 1. The summed E-state index contributed by atoms with van der Waals surface area (Å²) in [5.41, 5.74) is -1.69. The van der Waals surface area contributed by atoms with Crippen LogP contribution in [0.25, 0.3) is 0 Å². The fourth-order valence-corrected chi connectivity index (χ4v) is 5.38. The van der Waals surface area contributed by atoms with Crippen LogP contribution in [-0.2, 0) is 18.8 Å². The molecule has 0 radical (unpaired) electrons. The van der Waals surface area contributed by atoms with Gasteiger partial charge in [0, 0.05) is 6.61 Å². The van der Waals surface area contributed by atoms with Crippen LogP contribution < -0.4 is 0 Å². The van der Waals surface area contributed by atoms with Gasteiger partial charge in [-0.25, -0.2) is 4.79 Å². The molecule has 1 saturated carbocycles. The Bertz CT molecular complexity index is 703. The number of methoxy groups -OCH3 is 1. The summed E-state index contributed by atoms with van der Waals surface area (Å²) in [6.45, 7) is 12.2. The van der Waals surface area contributed by atoms with E-state index in [0.717, 1.165) is 64.4 Å². The average Bonchev–Trinajstić information content (AvgIpc) is 3.33. The van der Waals surface area contributed by atoms with Gasteiger partial charge in [-0.05, 0) is 69.0 Å². The number of rotatable bonds is 16. The van der Waals surface area contributed by atoms with Gasteiger partial charge in [0.25, 0.3) is 0 Å². The Kier molecular flexibility index (Phi) is 13.5. The highest BCUT2D eigenvalue weighted by molar-refractivity contribution is 6.74. The third kappa shape index (κ3) is 10.6. The molecular weight excluding hydrogens is 460 g/mol. The molecule has 1 aliphatic rings. The molecule has 1 aliphatic carbocycles. The minimum absolute atomic E-state index is 0.153. The van der Waals surface area contributed by atoms with Crippen LogP contribution >= 0.6 is 0 Å². The lowest BCUT2D eigenvalue weighted by Crippen LogP contribution is -2.44. The molecule has 2 N–H and O–H groups in total. The molecule has 0 bridgehead atoms. The lowest BCUT2D eigenvalue weighted by atomic mass is 9.82. The molecule has 35 heavy (non-hydrogen) atoms. The van der Waals surface area contributed by atoms with Gasteiger partial charge in [0.1, 0.15) is 0 Å². The quantitative estimate of drug-likeness (QED) is 0.105. The predicted molar refractivity (Wildman–Crippen MR) is 144 cm³/mol. The number of hydrogen-bond donors (Lipinski definition) is 2. The van der Waals surface area contributed by atoms with Gasteiger partial charge in [0.15, 0.2) is 13.9 Å². The van der Waals surface area contributed by atoms with Crippen LogP contribution in [0.5, 0.6) is 0 Å². The van der Waals surface area contributed by atoms with Crippen LogP contribution in [-0.4, -0.2) is 49.8 Å². The number of carbonyl (C=O) groups is 2. The number of ether oxygens (including phenoxy) is 1. The molecule has 1 rings (SSSR count). The van der Waals surface area contributed by atoms with Crippen molar-refractivity contribution in [1.82, 2.24) is 0 Å². The van der Waals surface area contributed by atoms with Crippen LogP contribution in [0.1, 0.15) is 91.4 Å². The summed E-state index contributed by atoms with van der Waals surface area (Å²) < 4.78 is 11.1. The number of hydrogen-bond acceptors (Lipinski definition) is 5. The van der Waals surface area contributed by atoms with Crippen LogP contribution in [0.15, 0.2) is 24.3 Å². The number of carboxylic acid groups (broad SMARTS) is 1. The Morgan fingerprint density at radius 2 is 1.57 bits per heavy atom. The molecule has 0 aliphatic heterocycles. The summed E-state index contributed by atoms with van der Waals surface area (Å²) in [7, 11) is -0.288. The maximum Gasteiger partial charge on any atom is 0.335 e. The summed E-state index contributed by atoms with van der Waals surface area (Å²) in [6.07, 6.45) is 16.7. The van der Waals surface area contributed by atoms with Crippen molar-refractivity contribution in [2.24, 2.45) is 11.8 Å². The maximum absolute atomic E-state index is 12.1. The van der Waals surface area contributed by atoms with E-state index in [4.69, 9.17) is 9.16 Å². The Morgan fingerprint density at radius 3 is 2.11 bits per heavy atom. The average molecular weight is 511 g/mol. The minimum Gasteiger partial charge on any atom is -0.479 e. The van der Waals surface area contributed by atoms with Crippen molar-refractivity contribution in [3.8, 4) is 0 Å². The van der Waals surface area contributed by atoms with Gasteiger partial charge in [-0.2, -0.15) is 0 Å². The summed E-state index contributed by atoms with van der Waals surface area (Å²) in [4.78, 5) is 23.8. The first-order valence-electron chi connectivity index (χ1n) is 13.4. The molecule has 0 aromatic heterocycles. The molecule has 0 aromatic carbocycles. The molecule has 0 heterocycles. The van der Waals surface area contributed by atoms with E-state index in [0.29, 0.717) is 6.42 Å². The van der Waals surface area contributed by atoms with E-state index in [-0.39, 0.29) is 23.3 Å². The lowest BCUT2D eigenvalue weighted by Gasteiger charge is -2.36. The van der Waals surface area contributed by atoms with Crippen molar-refractivity contribution >= 4 is 20.3 Å². The van der Waals surface area contributed by atoms with Gasteiger partial charge in [-0.3, -0.25) is 4.79 Å². The second-order valence-electron chi connectivity index (χ2n) is 11.5. The van der Waals surface area contributed by atoms with Crippen molar-refractivity contribution in [3.05, 3.63) is 24.3 Å². The molecule has 202 valence electrons. The molecule has 0 aromatic rings. The van der Waals surface area contributed by atoms with Gasteiger partial charge in [-0.15, -0.1) is 0 Å². The summed E-state index contributed by atoms with van der Waals surface area (Å²) in [5, 5.41) is 20.5. The zero-order valence-corrected chi connectivity index (χ0v) is 24.0. The highest BCUT2D eigenvalue weighted by Crippen LogP contribution is 2.37. The third-order valence-electron chi connectivity index (χ3n) is 7.79. The van der Waals surface area contributed by atoms with Crippen LogP contribution in [0.2, 0.25) is 18.1 Å². The van der Waals surface area contributed by atoms with Crippen molar-refractivity contribution in [2.45, 2.75) is 115 Å². The number of esters is 1. The van der Waals surface area contributed by atoms with E-state index in [1.165, 1.54) is 7.11 Å². The van der Waals surface area contributed by atoms with E-state index in [1.54, 1.807) is 12.2 Å². The molecule has 0 amide bonds. The van der Waals surface area contributed by atoms with Gasteiger partial charge in [0.2, 0.25) is 0 Å². The highest BCUT2D eigenvalue weighted by Gasteiger charge is 2.44. The number of aliphatic carboxylic acids is 1. The number of carboxylic acids is 1. The van der Waals surface area contributed by atoms with E-state index in [1.807, 2.05) is 12.2 Å². The fourth-order valence-electron chi connectivity index (χ4n) is 4.30. The van der Waals surface area contributed by atoms with Crippen LogP contribution in [0.3, 0.4) is 0 Å². The monoisotopic (exact) mass is 510 g/mol. The number of unbranched alkanes of at least 4 members (excludes halogenated alkanes) is 4.